The highest BCUT2D eigenvalue weighted by atomic mass is 16.6. The predicted molar refractivity (Wildman–Crippen MR) is 149 cm³/mol. The number of aryl methyl sites for hydroxylation is 1. The second-order valence-electron chi connectivity index (χ2n) is 11.9. The van der Waals surface area contributed by atoms with Gasteiger partial charge in [0, 0.05) is 17.5 Å². The minimum absolute atomic E-state index is 0.101. The molecule has 0 fully saturated rings. The maximum atomic E-state index is 12.3. The van der Waals surface area contributed by atoms with E-state index in [9.17, 15) is 9.59 Å². The van der Waals surface area contributed by atoms with E-state index in [0.717, 1.165) is 16.7 Å². The van der Waals surface area contributed by atoms with Gasteiger partial charge in [0.15, 0.2) is 0 Å². The van der Waals surface area contributed by atoms with Crippen LogP contribution in [0.4, 0.5) is 9.59 Å². The number of benzene rings is 2. The highest BCUT2D eigenvalue weighted by molar-refractivity contribution is 6.00. The smallest absolute Gasteiger partial charge is 0.435 e. The molecule has 2 aromatic carbocycles. The first-order chi connectivity index (χ1) is 17.0. The van der Waals surface area contributed by atoms with Gasteiger partial charge in [-0.2, -0.15) is 4.99 Å². The number of nitrogens with one attached hydrogen (secondary N) is 1. The average Bonchev–Trinajstić information content (AvgIpc) is 2.73. The molecule has 37 heavy (non-hydrogen) atoms. The molecular formula is C31H40N2O4. The Morgan fingerprint density at radius 2 is 1.41 bits per heavy atom. The average molecular weight is 505 g/mol. The Balaban J connectivity index is 2.15. The molecule has 198 valence electrons. The fraction of sp³-hybridized carbons (Fsp3) is 0.452. The summed E-state index contributed by atoms with van der Waals surface area (Å²) in [6, 6.07) is 16.2. The molecule has 6 nitrogen and oxygen atoms in total. The molecule has 0 atom stereocenters. The van der Waals surface area contributed by atoms with Gasteiger partial charge < -0.3 is 9.47 Å². The van der Waals surface area contributed by atoms with Crippen molar-refractivity contribution in [3.05, 3.63) is 70.8 Å². The molecule has 0 bridgehead atoms. The summed E-state index contributed by atoms with van der Waals surface area (Å²) in [6.07, 6.45) is -0.598. The van der Waals surface area contributed by atoms with E-state index in [2.05, 4.69) is 55.1 Å². The van der Waals surface area contributed by atoms with E-state index in [4.69, 9.17) is 9.47 Å². The number of rotatable bonds is 3. The van der Waals surface area contributed by atoms with Gasteiger partial charge in [-0.1, -0.05) is 56.9 Å². The number of amidine groups is 1. The first-order valence-electron chi connectivity index (χ1n) is 12.5. The predicted octanol–water partition coefficient (Wildman–Crippen LogP) is 7.17. The van der Waals surface area contributed by atoms with Crippen molar-refractivity contribution >= 4 is 18.0 Å². The van der Waals surface area contributed by atoms with Gasteiger partial charge in [0.05, 0.1) is 0 Å². The first kappa shape index (κ1) is 29.6. The van der Waals surface area contributed by atoms with Gasteiger partial charge in [-0.15, -0.1) is 0 Å². The second-order valence-corrected chi connectivity index (χ2v) is 11.9. The largest absolute Gasteiger partial charge is 0.444 e. The number of amides is 2. The summed E-state index contributed by atoms with van der Waals surface area (Å²) in [5.74, 6) is 6.62. The standard InChI is InChI=1S/C31H40N2O4/c1-29(2,3)25-18-15-22(16-19-25)13-14-23-11-10-12-24(21-23)17-20-26(32-27(34)36-30(4,5)6)33-28(35)37-31(7,8)9/h10-12,15-16,18-19,21H,17,20H2,1-9H3,(H,32,33,34,35). The number of hydrogen-bond donors (Lipinski definition) is 1. The molecule has 0 aromatic heterocycles. The van der Waals surface area contributed by atoms with Crippen LogP contribution < -0.4 is 5.32 Å². The van der Waals surface area contributed by atoms with Crippen LogP contribution >= 0.6 is 0 Å². The Labute approximate surface area is 221 Å². The molecule has 6 heteroatoms. The summed E-state index contributed by atoms with van der Waals surface area (Å²) in [7, 11) is 0. The SMILES string of the molecule is CC(C)(C)OC(=O)N=C(CCc1cccc(C#Cc2ccc(C(C)(C)C)cc2)c1)NC(=O)OC(C)(C)C. The van der Waals surface area contributed by atoms with Crippen molar-refractivity contribution in [1.82, 2.24) is 5.32 Å². The van der Waals surface area contributed by atoms with E-state index in [-0.39, 0.29) is 11.3 Å². The van der Waals surface area contributed by atoms with Crippen LogP contribution in [0.2, 0.25) is 0 Å². The molecule has 0 aliphatic rings. The van der Waals surface area contributed by atoms with E-state index < -0.39 is 23.4 Å². The zero-order valence-electron chi connectivity index (χ0n) is 23.6. The molecule has 0 saturated heterocycles. The van der Waals surface area contributed by atoms with Crippen LogP contribution in [0.3, 0.4) is 0 Å². The molecule has 1 N–H and O–H groups in total. The minimum atomic E-state index is -0.768. The van der Waals surface area contributed by atoms with Crippen LogP contribution in [0.5, 0.6) is 0 Å². The lowest BCUT2D eigenvalue weighted by atomic mass is 9.87. The van der Waals surface area contributed by atoms with Crippen molar-refractivity contribution in [2.24, 2.45) is 4.99 Å². The lowest BCUT2D eigenvalue weighted by molar-refractivity contribution is 0.0561. The molecule has 0 aliphatic heterocycles. The maximum Gasteiger partial charge on any atom is 0.435 e. The van der Waals surface area contributed by atoms with Gasteiger partial charge in [0.25, 0.3) is 0 Å². The van der Waals surface area contributed by atoms with Crippen molar-refractivity contribution in [2.45, 2.75) is 91.8 Å². The third-order valence-electron chi connectivity index (χ3n) is 4.94. The molecule has 0 unspecified atom stereocenters. The van der Waals surface area contributed by atoms with Crippen molar-refractivity contribution in [1.29, 1.82) is 0 Å². The Hall–Kier alpha value is -3.59. The van der Waals surface area contributed by atoms with Gasteiger partial charge in [0.1, 0.15) is 17.0 Å². The van der Waals surface area contributed by atoms with Crippen LogP contribution in [0, 0.1) is 11.8 Å². The maximum absolute atomic E-state index is 12.3. The highest BCUT2D eigenvalue weighted by Gasteiger charge is 2.20. The summed E-state index contributed by atoms with van der Waals surface area (Å²) >= 11 is 0. The lowest BCUT2D eigenvalue weighted by Gasteiger charge is -2.20. The van der Waals surface area contributed by atoms with Gasteiger partial charge >= 0.3 is 12.2 Å². The van der Waals surface area contributed by atoms with E-state index in [1.54, 1.807) is 41.5 Å². The monoisotopic (exact) mass is 504 g/mol. The highest BCUT2D eigenvalue weighted by Crippen LogP contribution is 2.22. The van der Waals surface area contributed by atoms with E-state index in [1.807, 2.05) is 36.4 Å². The number of carbonyl (C=O) groups excluding carboxylic acids is 2. The quantitative estimate of drug-likeness (QED) is 0.273. The first-order valence-corrected chi connectivity index (χ1v) is 12.5. The third-order valence-corrected chi connectivity index (χ3v) is 4.94. The van der Waals surface area contributed by atoms with Gasteiger partial charge in [-0.05, 0) is 88.8 Å². The molecule has 0 saturated carbocycles. The summed E-state index contributed by atoms with van der Waals surface area (Å²) in [5, 5.41) is 2.60. The van der Waals surface area contributed by atoms with E-state index in [0.29, 0.717) is 12.8 Å². The second kappa shape index (κ2) is 12.1. The molecule has 2 aromatic rings. The van der Waals surface area contributed by atoms with Crippen molar-refractivity contribution in [2.75, 3.05) is 0 Å². The molecule has 2 amide bonds. The molecule has 2 rings (SSSR count). The number of carbonyl (C=O) groups is 2. The number of nitrogens with zero attached hydrogens (tertiary/aromatic N) is 1. The number of aliphatic imine (C=N–C) groups is 1. The topological polar surface area (TPSA) is 77.0 Å². The normalized spacial score (nSPS) is 12.3. The fourth-order valence-electron chi connectivity index (χ4n) is 3.23. The fourth-order valence-corrected chi connectivity index (χ4v) is 3.23. The van der Waals surface area contributed by atoms with Crippen molar-refractivity contribution in [3.63, 3.8) is 0 Å². The van der Waals surface area contributed by atoms with Crippen molar-refractivity contribution in [3.8, 4) is 11.8 Å². The summed E-state index contributed by atoms with van der Waals surface area (Å²) in [5.41, 5.74) is 2.82. The van der Waals surface area contributed by atoms with Gasteiger partial charge in [0.2, 0.25) is 0 Å². The summed E-state index contributed by atoms with van der Waals surface area (Å²) < 4.78 is 10.6. The van der Waals surface area contributed by atoms with E-state index >= 15 is 0 Å². The Bertz CT molecular complexity index is 1180. The van der Waals surface area contributed by atoms with Gasteiger partial charge in [-0.25, -0.2) is 9.59 Å². The Kier molecular flexibility index (Phi) is 9.69. The molecule has 0 spiro atoms. The Morgan fingerprint density at radius 3 is 1.97 bits per heavy atom. The van der Waals surface area contributed by atoms with Crippen LogP contribution in [-0.4, -0.2) is 29.2 Å². The van der Waals surface area contributed by atoms with Gasteiger partial charge in [-0.3, -0.25) is 5.32 Å². The van der Waals surface area contributed by atoms with Crippen LogP contribution in [0.15, 0.2) is 53.5 Å². The number of hydrogen-bond acceptors (Lipinski definition) is 4. The van der Waals surface area contributed by atoms with Crippen LogP contribution in [0.1, 0.15) is 91.0 Å². The van der Waals surface area contributed by atoms with Crippen molar-refractivity contribution < 1.29 is 19.1 Å². The molecule has 0 radical (unpaired) electrons. The van der Waals surface area contributed by atoms with E-state index in [1.165, 1.54) is 5.56 Å². The molecule has 0 heterocycles. The van der Waals surface area contributed by atoms with Crippen LogP contribution in [0.25, 0.3) is 0 Å². The number of alkyl carbamates (subject to hydrolysis) is 1. The Morgan fingerprint density at radius 1 is 0.811 bits per heavy atom. The number of ether oxygens (including phenoxy) is 2. The summed E-state index contributed by atoms with van der Waals surface area (Å²) in [4.78, 5) is 28.6. The molecule has 0 aliphatic carbocycles. The molecular weight excluding hydrogens is 464 g/mol. The summed E-state index contributed by atoms with van der Waals surface area (Å²) in [6.45, 7) is 17.1. The zero-order chi connectivity index (χ0) is 27.9. The zero-order valence-corrected chi connectivity index (χ0v) is 23.6. The lowest BCUT2D eigenvalue weighted by Crippen LogP contribution is -2.37. The van der Waals surface area contributed by atoms with Crippen LogP contribution in [-0.2, 0) is 21.3 Å². The third kappa shape index (κ3) is 11.8. The minimum Gasteiger partial charge on any atom is -0.444 e.